The summed E-state index contributed by atoms with van der Waals surface area (Å²) >= 11 is 0. The second kappa shape index (κ2) is 9.91. The molecule has 4 saturated heterocycles. The lowest BCUT2D eigenvalue weighted by molar-refractivity contribution is -0.149. The monoisotopic (exact) mass is 489 g/mol. The lowest BCUT2D eigenvalue weighted by Crippen LogP contribution is -2.61. The van der Waals surface area contributed by atoms with E-state index in [0.717, 1.165) is 57.8 Å². The molecule has 3 amide bonds. The second-order valence-electron chi connectivity index (χ2n) is 12.4. The van der Waals surface area contributed by atoms with Crippen molar-refractivity contribution in [3.8, 4) is 0 Å². The Labute approximate surface area is 209 Å². The Kier molecular flexibility index (Phi) is 7.03. The van der Waals surface area contributed by atoms with Crippen LogP contribution in [0.3, 0.4) is 0 Å². The molecule has 8 nitrogen and oxygen atoms in total. The number of alkyl carbamates (subject to hydrolysis) is 1. The van der Waals surface area contributed by atoms with Gasteiger partial charge in [-0.25, -0.2) is 4.79 Å². The minimum atomic E-state index is -0.633. The highest BCUT2D eigenvalue weighted by atomic mass is 16.6. The Morgan fingerprint density at radius 2 is 1.60 bits per heavy atom. The topological polar surface area (TPSA) is 88.2 Å². The summed E-state index contributed by atoms with van der Waals surface area (Å²) in [5.74, 6) is 0.00398. The van der Waals surface area contributed by atoms with Crippen LogP contribution < -0.4 is 5.32 Å². The van der Waals surface area contributed by atoms with Crippen molar-refractivity contribution < 1.29 is 23.9 Å². The Morgan fingerprint density at radius 1 is 0.943 bits per heavy atom. The van der Waals surface area contributed by atoms with Gasteiger partial charge in [-0.15, -0.1) is 0 Å². The number of hydrogen-bond donors (Lipinski definition) is 1. The second-order valence-corrected chi connectivity index (χ2v) is 12.4. The molecular formula is C27H43N3O5. The molecule has 4 aliphatic heterocycles. The molecule has 196 valence electrons. The van der Waals surface area contributed by atoms with Crippen molar-refractivity contribution in [2.24, 2.45) is 11.8 Å². The van der Waals surface area contributed by atoms with E-state index >= 15 is 0 Å². The van der Waals surface area contributed by atoms with E-state index in [9.17, 15) is 14.4 Å². The molecule has 5 aliphatic rings. The van der Waals surface area contributed by atoms with E-state index < -0.39 is 17.7 Å². The van der Waals surface area contributed by atoms with Crippen molar-refractivity contribution in [2.75, 3.05) is 13.2 Å². The maximum absolute atomic E-state index is 14.1. The Morgan fingerprint density at radius 3 is 2.23 bits per heavy atom. The maximum atomic E-state index is 14.1. The van der Waals surface area contributed by atoms with E-state index in [2.05, 4.69) is 10.2 Å². The summed E-state index contributed by atoms with van der Waals surface area (Å²) in [6.45, 7) is 6.53. The van der Waals surface area contributed by atoms with Gasteiger partial charge in [0.15, 0.2) is 0 Å². The zero-order valence-electron chi connectivity index (χ0n) is 21.7. The average molecular weight is 490 g/mol. The molecule has 0 aromatic carbocycles. The van der Waals surface area contributed by atoms with Gasteiger partial charge in [-0.3, -0.25) is 9.59 Å². The first-order valence-electron chi connectivity index (χ1n) is 13.9. The molecule has 8 heteroatoms. The van der Waals surface area contributed by atoms with E-state index in [4.69, 9.17) is 9.47 Å². The van der Waals surface area contributed by atoms with Gasteiger partial charge in [-0.1, -0.05) is 19.3 Å². The summed E-state index contributed by atoms with van der Waals surface area (Å²) in [6.07, 6.45) is 10.4. The Hall–Kier alpha value is -1.83. The molecule has 5 fully saturated rings. The van der Waals surface area contributed by atoms with Crippen LogP contribution in [0, 0.1) is 11.8 Å². The van der Waals surface area contributed by atoms with Crippen LogP contribution in [0.2, 0.25) is 0 Å². The normalized spacial score (nSPS) is 34.0. The number of likely N-dealkylation sites (tertiary alicyclic amines) is 1. The fourth-order valence-electron chi connectivity index (χ4n) is 7.32. The van der Waals surface area contributed by atoms with Gasteiger partial charge in [0.1, 0.15) is 11.6 Å². The van der Waals surface area contributed by atoms with E-state index in [0.29, 0.717) is 31.7 Å². The van der Waals surface area contributed by atoms with Gasteiger partial charge < -0.3 is 24.6 Å². The van der Waals surface area contributed by atoms with Crippen LogP contribution in [-0.2, 0) is 19.1 Å². The number of hydrogen-bond acceptors (Lipinski definition) is 5. The third kappa shape index (κ3) is 5.18. The number of carbonyl (C=O) groups excluding carboxylic acids is 3. The number of ether oxygens (including phenoxy) is 2. The predicted molar refractivity (Wildman–Crippen MR) is 131 cm³/mol. The van der Waals surface area contributed by atoms with Crippen LogP contribution in [0.5, 0.6) is 0 Å². The molecule has 0 unspecified atom stereocenters. The van der Waals surface area contributed by atoms with Gasteiger partial charge in [0, 0.05) is 25.2 Å². The SMILES string of the molecule is CC(C)(C)OC(=O)N[C@H](C(=O)N1C[C@@H](C(=O)N2C3CCC2CC3)C[C@@H]2OCC[C@@H]21)C1CCCCC1. The number of piperidine rings is 1. The van der Waals surface area contributed by atoms with Crippen molar-refractivity contribution >= 4 is 17.9 Å². The van der Waals surface area contributed by atoms with E-state index in [-0.39, 0.29) is 35.8 Å². The number of nitrogens with zero attached hydrogens (tertiary/aromatic N) is 2. The molecule has 0 spiro atoms. The molecule has 4 atom stereocenters. The van der Waals surface area contributed by atoms with Gasteiger partial charge in [0.25, 0.3) is 0 Å². The van der Waals surface area contributed by atoms with Crippen LogP contribution in [0.15, 0.2) is 0 Å². The molecule has 1 aliphatic carbocycles. The summed E-state index contributed by atoms with van der Waals surface area (Å²) < 4.78 is 11.6. The Bertz CT molecular complexity index is 800. The van der Waals surface area contributed by atoms with Gasteiger partial charge in [-0.2, -0.15) is 0 Å². The van der Waals surface area contributed by atoms with Gasteiger partial charge in [0.05, 0.1) is 18.1 Å². The van der Waals surface area contributed by atoms with E-state index in [1.54, 1.807) is 0 Å². The first-order chi connectivity index (χ1) is 16.7. The van der Waals surface area contributed by atoms with Crippen LogP contribution in [0.1, 0.15) is 91.4 Å². The van der Waals surface area contributed by atoms with E-state index in [1.807, 2.05) is 25.7 Å². The maximum Gasteiger partial charge on any atom is 0.408 e. The van der Waals surface area contributed by atoms with Crippen LogP contribution in [-0.4, -0.2) is 76.7 Å². The first-order valence-corrected chi connectivity index (χ1v) is 13.9. The smallest absolute Gasteiger partial charge is 0.408 e. The zero-order valence-corrected chi connectivity index (χ0v) is 21.7. The lowest BCUT2D eigenvalue weighted by Gasteiger charge is -2.44. The molecule has 0 aromatic rings. The third-order valence-corrected chi connectivity index (χ3v) is 8.91. The average Bonchev–Trinajstić information content (AvgIpc) is 3.56. The summed E-state index contributed by atoms with van der Waals surface area (Å²) in [5.41, 5.74) is -0.633. The number of nitrogens with one attached hydrogen (secondary N) is 1. The third-order valence-electron chi connectivity index (χ3n) is 8.91. The molecule has 1 N–H and O–H groups in total. The molecule has 2 bridgehead atoms. The van der Waals surface area contributed by atoms with Crippen molar-refractivity contribution in [3.63, 3.8) is 0 Å². The highest BCUT2D eigenvalue weighted by Crippen LogP contribution is 2.41. The molecule has 4 heterocycles. The molecule has 0 aromatic heterocycles. The summed E-state index contributed by atoms with van der Waals surface area (Å²) in [4.78, 5) is 44.6. The Balaban J connectivity index is 1.35. The highest BCUT2D eigenvalue weighted by molar-refractivity contribution is 5.88. The summed E-state index contributed by atoms with van der Waals surface area (Å²) in [5, 5.41) is 2.95. The van der Waals surface area contributed by atoms with E-state index in [1.165, 1.54) is 6.42 Å². The van der Waals surface area contributed by atoms with Crippen molar-refractivity contribution in [1.82, 2.24) is 15.1 Å². The highest BCUT2D eigenvalue weighted by Gasteiger charge is 2.50. The summed E-state index contributed by atoms with van der Waals surface area (Å²) in [6, 6.07) is 0.113. The van der Waals surface area contributed by atoms with Gasteiger partial charge in [-0.05, 0) is 78.1 Å². The lowest BCUT2D eigenvalue weighted by atomic mass is 9.82. The largest absolute Gasteiger partial charge is 0.444 e. The fraction of sp³-hybridized carbons (Fsp3) is 0.889. The molecule has 35 heavy (non-hydrogen) atoms. The zero-order chi connectivity index (χ0) is 24.7. The number of amides is 3. The van der Waals surface area contributed by atoms with Crippen LogP contribution in [0.4, 0.5) is 4.79 Å². The first kappa shape index (κ1) is 24.8. The standard InChI is InChI=1S/C27H43N3O5/c1-27(2,3)35-26(33)28-23(17-7-5-4-6-8-17)25(32)29-16-18(15-22-21(29)13-14-34-22)24(31)30-19-9-10-20(30)12-11-19/h17-23H,4-16H2,1-3H3,(H,28,33)/t18-,19?,20?,21-,22-,23-/m0/s1. The van der Waals surface area contributed by atoms with Crippen molar-refractivity contribution in [2.45, 2.75) is 127 Å². The summed E-state index contributed by atoms with van der Waals surface area (Å²) in [7, 11) is 0. The predicted octanol–water partition coefficient (Wildman–Crippen LogP) is 3.62. The molecule has 1 saturated carbocycles. The quantitative estimate of drug-likeness (QED) is 0.652. The number of fused-ring (bicyclic) bond motifs is 3. The van der Waals surface area contributed by atoms with Crippen LogP contribution in [0.25, 0.3) is 0 Å². The van der Waals surface area contributed by atoms with Crippen LogP contribution >= 0.6 is 0 Å². The minimum Gasteiger partial charge on any atom is -0.444 e. The fourth-order valence-corrected chi connectivity index (χ4v) is 7.32. The minimum absolute atomic E-state index is 0.0200. The van der Waals surface area contributed by atoms with Gasteiger partial charge >= 0.3 is 6.09 Å². The number of rotatable bonds is 4. The van der Waals surface area contributed by atoms with Crippen molar-refractivity contribution in [1.29, 1.82) is 0 Å². The number of carbonyl (C=O) groups is 3. The van der Waals surface area contributed by atoms with Crippen molar-refractivity contribution in [3.05, 3.63) is 0 Å². The molecule has 5 rings (SSSR count). The molecule has 0 radical (unpaired) electrons. The van der Waals surface area contributed by atoms with Gasteiger partial charge in [0.2, 0.25) is 11.8 Å². The molecular weight excluding hydrogens is 446 g/mol.